The van der Waals surface area contributed by atoms with Gasteiger partial charge in [-0.2, -0.15) is 0 Å². The number of ether oxygens (including phenoxy) is 1. The molecule has 0 spiro atoms. The molecule has 1 fully saturated rings. The van der Waals surface area contributed by atoms with E-state index in [4.69, 9.17) is 10.5 Å². The molecule has 0 aromatic heterocycles. The van der Waals surface area contributed by atoms with Gasteiger partial charge >= 0.3 is 5.97 Å². The highest BCUT2D eigenvalue weighted by atomic mass is 16.6. The zero-order valence-electron chi connectivity index (χ0n) is 9.59. The maximum Gasteiger partial charge on any atom is 0.323 e. The van der Waals surface area contributed by atoms with Crippen molar-refractivity contribution < 1.29 is 9.53 Å². The van der Waals surface area contributed by atoms with Crippen LogP contribution in [0.4, 0.5) is 0 Å². The summed E-state index contributed by atoms with van der Waals surface area (Å²) in [5, 5.41) is 0. The van der Waals surface area contributed by atoms with Crippen LogP contribution in [0.2, 0.25) is 0 Å². The van der Waals surface area contributed by atoms with Gasteiger partial charge < -0.3 is 10.5 Å². The molecule has 0 radical (unpaired) electrons. The Labute approximate surface area is 86.0 Å². The molecule has 1 unspecified atom stereocenters. The van der Waals surface area contributed by atoms with Crippen LogP contribution in [0.15, 0.2) is 0 Å². The minimum Gasteiger partial charge on any atom is -0.459 e. The van der Waals surface area contributed by atoms with Crippen molar-refractivity contribution in [1.82, 2.24) is 0 Å². The fourth-order valence-electron chi connectivity index (χ4n) is 1.41. The molecular formula is C11H21NO2. The van der Waals surface area contributed by atoms with E-state index in [2.05, 4.69) is 6.92 Å². The van der Waals surface area contributed by atoms with E-state index in [9.17, 15) is 4.79 Å². The van der Waals surface area contributed by atoms with Gasteiger partial charge in [0.2, 0.25) is 0 Å². The van der Waals surface area contributed by atoms with Crippen LogP contribution < -0.4 is 5.73 Å². The molecule has 1 atom stereocenters. The van der Waals surface area contributed by atoms with E-state index >= 15 is 0 Å². The Bertz CT molecular complexity index is 226. The molecule has 1 rings (SSSR count). The molecule has 0 saturated heterocycles. The molecule has 0 heterocycles. The van der Waals surface area contributed by atoms with Crippen molar-refractivity contribution in [2.75, 3.05) is 0 Å². The van der Waals surface area contributed by atoms with E-state index in [0.717, 1.165) is 6.42 Å². The zero-order valence-corrected chi connectivity index (χ0v) is 9.59. The molecule has 0 bridgehead atoms. The van der Waals surface area contributed by atoms with Crippen molar-refractivity contribution in [3.63, 3.8) is 0 Å². The first-order valence-corrected chi connectivity index (χ1v) is 5.20. The van der Waals surface area contributed by atoms with Crippen molar-refractivity contribution in [1.29, 1.82) is 0 Å². The van der Waals surface area contributed by atoms with E-state index in [1.54, 1.807) is 0 Å². The summed E-state index contributed by atoms with van der Waals surface area (Å²) in [6, 6.07) is -0.457. The van der Waals surface area contributed by atoms with Crippen molar-refractivity contribution >= 4 is 5.97 Å². The highest BCUT2D eigenvalue weighted by molar-refractivity contribution is 5.76. The molecule has 1 saturated carbocycles. The molecule has 14 heavy (non-hydrogen) atoms. The lowest BCUT2D eigenvalue weighted by atomic mass is 10.00. The third kappa shape index (κ3) is 3.66. The van der Waals surface area contributed by atoms with E-state index < -0.39 is 11.6 Å². The fraction of sp³-hybridized carbons (Fsp3) is 0.909. The summed E-state index contributed by atoms with van der Waals surface area (Å²) in [6.07, 6.45) is 3.12. The molecule has 2 N–H and O–H groups in total. The maximum atomic E-state index is 11.5. The molecule has 3 nitrogen and oxygen atoms in total. The second kappa shape index (κ2) is 3.54. The summed E-state index contributed by atoms with van der Waals surface area (Å²) in [4.78, 5) is 11.5. The molecule has 82 valence electrons. The largest absolute Gasteiger partial charge is 0.459 e. The zero-order chi connectivity index (χ0) is 11.0. The number of carbonyl (C=O) groups excluding carboxylic acids is 1. The van der Waals surface area contributed by atoms with Crippen molar-refractivity contribution in [3.05, 3.63) is 0 Å². The predicted molar refractivity (Wildman–Crippen MR) is 55.8 cm³/mol. The molecule has 0 amide bonds. The van der Waals surface area contributed by atoms with Gasteiger partial charge in [0.05, 0.1) is 0 Å². The molecule has 0 aromatic rings. The molecule has 1 aliphatic rings. The summed E-state index contributed by atoms with van der Waals surface area (Å²) in [7, 11) is 0. The van der Waals surface area contributed by atoms with Crippen LogP contribution >= 0.6 is 0 Å². The molecule has 0 aromatic carbocycles. The van der Waals surface area contributed by atoms with Crippen LogP contribution in [-0.2, 0) is 9.53 Å². The second-order valence-corrected chi connectivity index (χ2v) is 5.65. The van der Waals surface area contributed by atoms with Crippen molar-refractivity contribution in [2.45, 2.75) is 58.6 Å². The Hall–Kier alpha value is -0.570. The summed E-state index contributed by atoms with van der Waals surface area (Å²) in [5.41, 5.74) is 5.65. The SMILES string of the molecule is CC1(CC(N)C(=O)OC(C)(C)C)CC1. The van der Waals surface area contributed by atoms with Crippen molar-refractivity contribution in [2.24, 2.45) is 11.1 Å². The van der Waals surface area contributed by atoms with Gasteiger partial charge in [0.1, 0.15) is 11.6 Å². The predicted octanol–water partition coefficient (Wildman–Crippen LogP) is 1.85. The first-order valence-electron chi connectivity index (χ1n) is 5.20. The molecule has 0 aliphatic heterocycles. The number of esters is 1. The minimum absolute atomic E-state index is 0.273. The number of hydrogen-bond acceptors (Lipinski definition) is 3. The Morgan fingerprint density at radius 1 is 1.50 bits per heavy atom. The lowest BCUT2D eigenvalue weighted by Crippen LogP contribution is -2.38. The van der Waals surface area contributed by atoms with Crippen LogP contribution in [0.5, 0.6) is 0 Å². The molecule has 3 heteroatoms. The first kappa shape index (κ1) is 11.5. The fourth-order valence-corrected chi connectivity index (χ4v) is 1.41. The Morgan fingerprint density at radius 2 is 2.00 bits per heavy atom. The summed E-state index contributed by atoms with van der Waals surface area (Å²) in [6.45, 7) is 7.74. The highest BCUT2D eigenvalue weighted by Crippen LogP contribution is 2.48. The van der Waals surface area contributed by atoms with Gasteiger partial charge in [0.15, 0.2) is 0 Å². The monoisotopic (exact) mass is 199 g/mol. The van der Waals surface area contributed by atoms with Gasteiger partial charge in [0.25, 0.3) is 0 Å². The Morgan fingerprint density at radius 3 is 2.36 bits per heavy atom. The van der Waals surface area contributed by atoms with Gasteiger partial charge in [-0.3, -0.25) is 4.79 Å². The Kier molecular flexibility index (Phi) is 2.91. The van der Waals surface area contributed by atoms with E-state index in [0.29, 0.717) is 5.41 Å². The number of hydrogen-bond donors (Lipinski definition) is 1. The van der Waals surface area contributed by atoms with Gasteiger partial charge in [-0.25, -0.2) is 0 Å². The molecule has 1 aliphatic carbocycles. The minimum atomic E-state index is -0.457. The molecular weight excluding hydrogens is 178 g/mol. The van der Waals surface area contributed by atoms with Crippen LogP contribution in [0, 0.1) is 5.41 Å². The smallest absolute Gasteiger partial charge is 0.323 e. The van der Waals surface area contributed by atoms with Crippen molar-refractivity contribution in [3.8, 4) is 0 Å². The quantitative estimate of drug-likeness (QED) is 0.706. The van der Waals surface area contributed by atoms with Crippen LogP contribution in [0.1, 0.15) is 47.0 Å². The topological polar surface area (TPSA) is 52.3 Å². The number of rotatable bonds is 3. The van der Waals surface area contributed by atoms with Gasteiger partial charge in [-0.1, -0.05) is 6.92 Å². The summed E-state index contributed by atoms with van der Waals surface area (Å²) >= 11 is 0. The Balaban J connectivity index is 2.37. The van der Waals surface area contributed by atoms with Gasteiger partial charge in [0, 0.05) is 0 Å². The number of carbonyl (C=O) groups is 1. The van der Waals surface area contributed by atoms with E-state index in [1.165, 1.54) is 12.8 Å². The average Bonchev–Trinajstić information content (AvgIpc) is 2.63. The normalized spacial score (nSPS) is 21.5. The third-order valence-corrected chi connectivity index (χ3v) is 2.53. The van der Waals surface area contributed by atoms with Gasteiger partial charge in [-0.05, 0) is 45.4 Å². The third-order valence-electron chi connectivity index (χ3n) is 2.53. The van der Waals surface area contributed by atoms with Crippen LogP contribution in [0.3, 0.4) is 0 Å². The average molecular weight is 199 g/mol. The maximum absolute atomic E-state index is 11.5. The highest BCUT2D eigenvalue weighted by Gasteiger charge is 2.40. The van der Waals surface area contributed by atoms with Gasteiger partial charge in [-0.15, -0.1) is 0 Å². The van der Waals surface area contributed by atoms with E-state index in [-0.39, 0.29) is 5.97 Å². The standard InChI is InChI=1S/C11H21NO2/c1-10(2,3)14-9(13)8(12)7-11(4)5-6-11/h8H,5-7,12H2,1-4H3. The first-order chi connectivity index (χ1) is 6.22. The lowest BCUT2D eigenvalue weighted by Gasteiger charge is -2.23. The van der Waals surface area contributed by atoms with E-state index in [1.807, 2.05) is 20.8 Å². The van der Waals surface area contributed by atoms with Crippen LogP contribution in [0.25, 0.3) is 0 Å². The second-order valence-electron chi connectivity index (χ2n) is 5.65. The lowest BCUT2D eigenvalue weighted by molar-refractivity contribution is -0.157. The number of nitrogens with two attached hydrogens (primary N) is 1. The summed E-state index contributed by atoms with van der Waals surface area (Å²) < 4.78 is 5.21. The summed E-state index contributed by atoms with van der Waals surface area (Å²) in [5.74, 6) is -0.273. The van der Waals surface area contributed by atoms with Crippen LogP contribution in [-0.4, -0.2) is 17.6 Å².